The second kappa shape index (κ2) is 9.02. The highest BCUT2D eigenvalue weighted by molar-refractivity contribution is 7.98. The van der Waals surface area contributed by atoms with Gasteiger partial charge >= 0.3 is 0 Å². The molecule has 7 nitrogen and oxygen atoms in total. The highest BCUT2D eigenvalue weighted by atomic mass is 32.2. The van der Waals surface area contributed by atoms with Crippen molar-refractivity contribution in [2.45, 2.75) is 42.1 Å². The van der Waals surface area contributed by atoms with E-state index < -0.39 is 10.0 Å². The lowest BCUT2D eigenvalue weighted by Crippen LogP contribution is -2.35. The molecule has 1 fully saturated rings. The number of hydrogen-bond acceptors (Lipinski definition) is 7. The van der Waals surface area contributed by atoms with E-state index in [2.05, 4.69) is 4.98 Å². The maximum absolute atomic E-state index is 12.9. The molecular formula is C22H24N2O5S2. The van der Waals surface area contributed by atoms with Gasteiger partial charge in [0.1, 0.15) is 11.3 Å². The summed E-state index contributed by atoms with van der Waals surface area (Å²) in [4.78, 5) is 16.4. The van der Waals surface area contributed by atoms with E-state index in [1.54, 1.807) is 47.8 Å². The zero-order chi connectivity index (χ0) is 22.0. The Labute approximate surface area is 185 Å². The molecule has 1 saturated heterocycles. The van der Waals surface area contributed by atoms with Gasteiger partial charge in [-0.15, -0.1) is 0 Å². The van der Waals surface area contributed by atoms with Crippen LogP contribution in [0.3, 0.4) is 0 Å². The van der Waals surface area contributed by atoms with Gasteiger partial charge in [-0.2, -0.15) is 4.31 Å². The van der Waals surface area contributed by atoms with Crippen LogP contribution in [0, 0.1) is 0 Å². The van der Waals surface area contributed by atoms with Gasteiger partial charge in [0.05, 0.1) is 12.0 Å². The third-order valence-corrected chi connectivity index (χ3v) is 8.10. The summed E-state index contributed by atoms with van der Waals surface area (Å²) in [5.41, 5.74) is 2.51. The molecule has 0 radical (unpaired) electrons. The molecule has 0 aliphatic carbocycles. The molecule has 0 N–H and O–H groups in total. The first-order valence-electron chi connectivity index (χ1n) is 10.1. The zero-order valence-corrected chi connectivity index (χ0v) is 19.1. The van der Waals surface area contributed by atoms with Gasteiger partial charge in [-0.1, -0.05) is 18.2 Å². The third-order valence-electron chi connectivity index (χ3n) is 5.33. The topological polar surface area (TPSA) is 89.7 Å². The Bertz CT molecular complexity index is 1210. The predicted molar refractivity (Wildman–Crippen MR) is 119 cm³/mol. The molecule has 1 aromatic heterocycles. The number of Topliss-reactive ketones (excluding diaryl/α,β-unsaturated/α-hetero) is 1. The third kappa shape index (κ3) is 4.63. The Morgan fingerprint density at radius 3 is 2.65 bits per heavy atom. The fourth-order valence-corrected chi connectivity index (χ4v) is 5.97. The van der Waals surface area contributed by atoms with E-state index >= 15 is 0 Å². The summed E-state index contributed by atoms with van der Waals surface area (Å²) < 4.78 is 38.6. The first kappa shape index (κ1) is 21.9. The van der Waals surface area contributed by atoms with Crippen molar-refractivity contribution >= 4 is 38.7 Å². The molecular weight excluding hydrogens is 436 g/mol. The number of thioether (sulfide) groups is 1. The van der Waals surface area contributed by atoms with Gasteiger partial charge in [0.2, 0.25) is 10.0 Å². The molecule has 164 valence electrons. The van der Waals surface area contributed by atoms with Crippen LogP contribution < -0.4 is 4.74 Å². The van der Waals surface area contributed by atoms with Crippen LogP contribution in [0.4, 0.5) is 0 Å². The lowest BCUT2D eigenvalue weighted by Gasteiger charge is -2.25. The minimum Gasteiger partial charge on any atom is -0.496 e. The molecule has 0 bridgehead atoms. The number of ether oxygens (including phenoxy) is 1. The summed E-state index contributed by atoms with van der Waals surface area (Å²) in [6.45, 7) is 2.64. The monoisotopic (exact) mass is 460 g/mol. The number of sulfonamides is 1. The molecule has 4 rings (SSSR count). The minimum atomic E-state index is -3.53. The Kier molecular flexibility index (Phi) is 6.36. The number of benzene rings is 2. The molecule has 0 amide bonds. The number of fused-ring (bicyclic) bond motifs is 1. The van der Waals surface area contributed by atoms with Crippen molar-refractivity contribution in [2.75, 3.05) is 20.2 Å². The Balaban J connectivity index is 1.55. The van der Waals surface area contributed by atoms with Gasteiger partial charge in [-0.3, -0.25) is 4.79 Å². The van der Waals surface area contributed by atoms with Gasteiger partial charge in [-0.25, -0.2) is 13.4 Å². The standard InChI is InChI=1S/C22H24N2O5S2/c1-15(25)16-6-8-20(28-2)17(12-16)14-30-22-23-19-13-18(7-9-21(19)29-22)31(26,27)24-10-4-3-5-11-24/h6-9,12-13H,3-5,10-11,14H2,1-2H3. The average Bonchev–Trinajstić information content (AvgIpc) is 3.20. The smallest absolute Gasteiger partial charge is 0.257 e. The number of ketones is 1. The van der Waals surface area contributed by atoms with Gasteiger partial charge in [0.15, 0.2) is 11.4 Å². The van der Waals surface area contributed by atoms with Gasteiger partial charge in [0, 0.05) is 30.0 Å². The van der Waals surface area contributed by atoms with E-state index in [1.807, 2.05) is 0 Å². The van der Waals surface area contributed by atoms with Crippen molar-refractivity contribution in [3.8, 4) is 5.75 Å². The zero-order valence-electron chi connectivity index (χ0n) is 17.5. The lowest BCUT2D eigenvalue weighted by atomic mass is 10.1. The number of piperidine rings is 1. The molecule has 0 saturated carbocycles. The number of nitrogens with zero attached hydrogens (tertiary/aromatic N) is 2. The number of oxazole rings is 1. The van der Waals surface area contributed by atoms with Crippen LogP contribution in [0.1, 0.15) is 42.1 Å². The van der Waals surface area contributed by atoms with E-state index in [4.69, 9.17) is 9.15 Å². The van der Waals surface area contributed by atoms with Crippen LogP contribution >= 0.6 is 11.8 Å². The van der Waals surface area contributed by atoms with Crippen molar-refractivity contribution in [1.29, 1.82) is 0 Å². The number of hydrogen-bond donors (Lipinski definition) is 0. The number of carbonyl (C=O) groups is 1. The molecule has 0 spiro atoms. The van der Waals surface area contributed by atoms with E-state index in [9.17, 15) is 13.2 Å². The first-order chi connectivity index (χ1) is 14.9. The fraction of sp³-hybridized carbons (Fsp3) is 0.364. The van der Waals surface area contributed by atoms with Gasteiger partial charge < -0.3 is 9.15 Å². The summed E-state index contributed by atoms with van der Waals surface area (Å²) in [6, 6.07) is 10.1. The Morgan fingerprint density at radius 2 is 1.94 bits per heavy atom. The van der Waals surface area contributed by atoms with Crippen LogP contribution in [0.2, 0.25) is 0 Å². The van der Waals surface area contributed by atoms with Gasteiger partial charge in [-0.05, 0) is 56.2 Å². The molecule has 3 aromatic rings. The SMILES string of the molecule is COc1ccc(C(C)=O)cc1CSc1nc2cc(S(=O)(=O)N3CCCCC3)ccc2o1. The number of aromatic nitrogens is 1. The molecule has 2 heterocycles. The summed E-state index contributed by atoms with van der Waals surface area (Å²) in [5.74, 6) is 1.16. The van der Waals surface area contributed by atoms with Crippen LogP contribution in [-0.4, -0.2) is 43.7 Å². The minimum absolute atomic E-state index is 0.0155. The highest BCUT2D eigenvalue weighted by Gasteiger charge is 2.26. The average molecular weight is 461 g/mol. The first-order valence-corrected chi connectivity index (χ1v) is 12.5. The second-order valence-electron chi connectivity index (χ2n) is 7.45. The molecule has 9 heteroatoms. The Morgan fingerprint density at radius 1 is 1.16 bits per heavy atom. The lowest BCUT2D eigenvalue weighted by molar-refractivity contribution is 0.101. The van der Waals surface area contributed by atoms with Crippen LogP contribution in [0.5, 0.6) is 5.75 Å². The molecule has 1 aliphatic heterocycles. The van der Waals surface area contributed by atoms with Crippen LogP contribution in [0.25, 0.3) is 11.1 Å². The van der Waals surface area contributed by atoms with Crippen molar-refractivity contribution in [1.82, 2.24) is 9.29 Å². The summed E-state index contributed by atoms with van der Waals surface area (Å²) in [5, 5.41) is 0.429. The summed E-state index contributed by atoms with van der Waals surface area (Å²) in [7, 11) is -1.94. The maximum atomic E-state index is 12.9. The normalized spacial score (nSPS) is 15.3. The summed E-state index contributed by atoms with van der Waals surface area (Å²) >= 11 is 1.36. The predicted octanol–water partition coefficient (Wildman–Crippen LogP) is 4.51. The van der Waals surface area contributed by atoms with Gasteiger partial charge in [0.25, 0.3) is 5.22 Å². The molecule has 0 atom stereocenters. The van der Waals surface area contributed by atoms with E-state index in [0.29, 0.717) is 46.5 Å². The molecule has 31 heavy (non-hydrogen) atoms. The number of methoxy groups -OCH3 is 1. The van der Waals surface area contributed by atoms with E-state index in [0.717, 1.165) is 24.8 Å². The van der Waals surface area contributed by atoms with Crippen LogP contribution in [-0.2, 0) is 15.8 Å². The summed E-state index contributed by atoms with van der Waals surface area (Å²) in [6.07, 6.45) is 2.84. The van der Waals surface area contributed by atoms with Crippen molar-refractivity contribution in [3.05, 3.63) is 47.5 Å². The number of rotatable bonds is 7. The van der Waals surface area contributed by atoms with Crippen molar-refractivity contribution in [3.63, 3.8) is 0 Å². The number of carbonyl (C=O) groups excluding carboxylic acids is 1. The highest BCUT2D eigenvalue weighted by Crippen LogP contribution is 2.32. The molecule has 2 aromatic carbocycles. The van der Waals surface area contributed by atoms with E-state index in [1.165, 1.54) is 18.7 Å². The quantitative estimate of drug-likeness (QED) is 0.379. The largest absolute Gasteiger partial charge is 0.496 e. The Hall–Kier alpha value is -2.36. The van der Waals surface area contributed by atoms with Crippen molar-refractivity contribution in [2.24, 2.45) is 0 Å². The fourth-order valence-electron chi connectivity index (χ4n) is 3.61. The second-order valence-corrected chi connectivity index (χ2v) is 10.3. The van der Waals surface area contributed by atoms with Crippen LogP contribution in [0.15, 0.2) is 50.9 Å². The molecule has 0 unspecified atom stereocenters. The van der Waals surface area contributed by atoms with Crippen molar-refractivity contribution < 1.29 is 22.4 Å². The van der Waals surface area contributed by atoms with E-state index in [-0.39, 0.29) is 10.7 Å². The molecule has 1 aliphatic rings. The maximum Gasteiger partial charge on any atom is 0.257 e.